The molecular formula is C27H23FN2O6S. The number of unbranched alkanes of at least 4 members (excludes halogenated alkanes) is 1. The fourth-order valence-corrected chi connectivity index (χ4v) is 5.20. The number of aliphatic hydroxyl groups is 1. The van der Waals surface area contributed by atoms with Crippen molar-refractivity contribution in [1.29, 1.82) is 0 Å². The number of halogens is 1. The first-order chi connectivity index (χ1) is 17.9. The molecule has 1 unspecified atom stereocenters. The molecule has 1 amide bonds. The van der Waals surface area contributed by atoms with Crippen molar-refractivity contribution in [2.75, 3.05) is 18.6 Å². The van der Waals surface area contributed by atoms with E-state index in [1.165, 1.54) is 42.5 Å². The number of hydrogen-bond acceptors (Lipinski definition) is 8. The number of carbonyl (C=O) groups is 2. The van der Waals surface area contributed by atoms with Crippen LogP contribution in [0.5, 0.6) is 11.5 Å². The molecule has 0 saturated heterocycles. The highest BCUT2D eigenvalue weighted by molar-refractivity contribution is 7.22. The zero-order chi connectivity index (χ0) is 26.1. The standard InChI is InChI=1S/C27H23FN2O6S/c1-3-4-11-35-18-10-7-15(13-20(18)34-2)23-22(24(31)19-6-5-12-36-19)25(32)26(33)30(23)27-29-17-9-8-16(28)14-21(17)37-27/h5-10,12-14,23,32H,3-4,11H2,1-2H3. The number of thiazole rings is 1. The van der Waals surface area contributed by atoms with E-state index in [0.717, 1.165) is 24.2 Å². The van der Waals surface area contributed by atoms with Gasteiger partial charge < -0.3 is 19.0 Å². The van der Waals surface area contributed by atoms with Gasteiger partial charge in [0.1, 0.15) is 5.82 Å². The van der Waals surface area contributed by atoms with Crippen LogP contribution in [0, 0.1) is 5.82 Å². The van der Waals surface area contributed by atoms with Gasteiger partial charge in [-0.2, -0.15) is 0 Å². The van der Waals surface area contributed by atoms with Gasteiger partial charge in [-0.3, -0.25) is 14.5 Å². The van der Waals surface area contributed by atoms with E-state index in [1.54, 1.807) is 24.3 Å². The van der Waals surface area contributed by atoms with E-state index in [1.807, 2.05) is 0 Å². The number of anilines is 1. The second-order valence-corrected chi connectivity index (χ2v) is 9.38. The van der Waals surface area contributed by atoms with Crippen molar-refractivity contribution >= 4 is 38.4 Å². The van der Waals surface area contributed by atoms with Crippen molar-refractivity contribution in [2.24, 2.45) is 0 Å². The summed E-state index contributed by atoms with van der Waals surface area (Å²) in [5.74, 6) is -1.70. The SMILES string of the molecule is CCCCOc1ccc(C2C(C(=O)c3ccco3)=C(O)C(=O)N2c2nc3ccc(F)cc3s2)cc1OC. The Bertz CT molecular complexity index is 1510. The van der Waals surface area contributed by atoms with E-state index in [9.17, 15) is 19.1 Å². The topological polar surface area (TPSA) is 102 Å². The summed E-state index contributed by atoms with van der Waals surface area (Å²) in [6.07, 6.45) is 3.17. The van der Waals surface area contributed by atoms with Gasteiger partial charge in [-0.05, 0) is 54.4 Å². The smallest absolute Gasteiger partial charge is 0.296 e. The van der Waals surface area contributed by atoms with Crippen molar-refractivity contribution in [3.05, 3.63) is 83.3 Å². The van der Waals surface area contributed by atoms with Crippen LogP contribution in [0.4, 0.5) is 9.52 Å². The van der Waals surface area contributed by atoms with Gasteiger partial charge in [-0.1, -0.05) is 30.7 Å². The Kier molecular flexibility index (Phi) is 6.66. The van der Waals surface area contributed by atoms with Crippen molar-refractivity contribution < 1.29 is 33.0 Å². The monoisotopic (exact) mass is 522 g/mol. The van der Waals surface area contributed by atoms with E-state index in [0.29, 0.717) is 33.9 Å². The van der Waals surface area contributed by atoms with Gasteiger partial charge >= 0.3 is 0 Å². The van der Waals surface area contributed by atoms with Crippen molar-refractivity contribution in [2.45, 2.75) is 25.8 Å². The first-order valence-electron chi connectivity index (χ1n) is 11.6. The lowest BCUT2D eigenvalue weighted by Gasteiger charge is -2.25. The Morgan fingerprint density at radius 1 is 1.22 bits per heavy atom. The van der Waals surface area contributed by atoms with Gasteiger partial charge in [0.2, 0.25) is 5.78 Å². The number of rotatable bonds is 9. The van der Waals surface area contributed by atoms with Crippen molar-refractivity contribution in [1.82, 2.24) is 4.98 Å². The van der Waals surface area contributed by atoms with E-state index in [4.69, 9.17) is 13.9 Å². The maximum Gasteiger partial charge on any atom is 0.296 e. The van der Waals surface area contributed by atoms with Crippen LogP contribution < -0.4 is 14.4 Å². The highest BCUT2D eigenvalue weighted by Gasteiger charge is 2.46. The average Bonchev–Trinajstić information content (AvgIpc) is 3.63. The highest BCUT2D eigenvalue weighted by atomic mass is 32.1. The molecule has 0 spiro atoms. The molecule has 2 aromatic heterocycles. The second kappa shape index (κ2) is 10.1. The van der Waals surface area contributed by atoms with Gasteiger partial charge in [0.15, 0.2) is 28.1 Å². The summed E-state index contributed by atoms with van der Waals surface area (Å²) < 4.78 is 31.0. The fraction of sp³-hybridized carbons (Fsp3) is 0.222. The van der Waals surface area contributed by atoms with Gasteiger partial charge in [0, 0.05) is 0 Å². The number of hydrogen-bond donors (Lipinski definition) is 1. The van der Waals surface area contributed by atoms with Crippen molar-refractivity contribution in [3.63, 3.8) is 0 Å². The molecule has 1 aliphatic rings. The zero-order valence-electron chi connectivity index (χ0n) is 20.1. The Morgan fingerprint density at radius 3 is 2.78 bits per heavy atom. The lowest BCUT2D eigenvalue weighted by Crippen LogP contribution is -2.31. The summed E-state index contributed by atoms with van der Waals surface area (Å²) in [7, 11) is 1.49. The quantitative estimate of drug-likeness (QED) is 0.212. The molecule has 0 saturated carbocycles. The molecular weight excluding hydrogens is 499 g/mol. The van der Waals surface area contributed by atoms with E-state index >= 15 is 0 Å². The largest absolute Gasteiger partial charge is 0.503 e. The summed E-state index contributed by atoms with van der Waals surface area (Å²) in [5, 5.41) is 11.1. The zero-order valence-corrected chi connectivity index (χ0v) is 20.9. The maximum atomic E-state index is 13.8. The Labute approximate surface area is 215 Å². The molecule has 5 rings (SSSR count). The van der Waals surface area contributed by atoms with Crippen LogP contribution in [0.25, 0.3) is 10.2 Å². The number of carbonyl (C=O) groups excluding carboxylic acids is 2. The number of ketones is 1. The second-order valence-electron chi connectivity index (χ2n) is 8.37. The number of Topliss-reactive ketones (excluding diaryl/α,β-unsaturated/α-hetero) is 1. The lowest BCUT2D eigenvalue weighted by atomic mass is 9.95. The molecule has 4 aromatic rings. The number of aliphatic hydroxyl groups excluding tert-OH is 1. The summed E-state index contributed by atoms with van der Waals surface area (Å²) in [6, 6.07) is 11.1. The van der Waals surface area contributed by atoms with Crippen LogP contribution in [-0.2, 0) is 4.79 Å². The van der Waals surface area contributed by atoms with Crippen LogP contribution in [-0.4, -0.2) is 35.5 Å². The van der Waals surface area contributed by atoms with Gasteiger partial charge in [-0.25, -0.2) is 9.37 Å². The molecule has 0 fully saturated rings. The Hall–Kier alpha value is -4.18. The average molecular weight is 523 g/mol. The van der Waals surface area contributed by atoms with Crippen LogP contribution in [0.1, 0.15) is 41.9 Å². The molecule has 1 atom stereocenters. The predicted octanol–water partition coefficient (Wildman–Crippen LogP) is 6.00. The number of methoxy groups -OCH3 is 1. The van der Waals surface area contributed by atoms with Crippen LogP contribution in [0.15, 0.2) is 70.5 Å². The number of aromatic nitrogens is 1. The summed E-state index contributed by atoms with van der Waals surface area (Å²) >= 11 is 1.08. The molecule has 0 bridgehead atoms. The van der Waals surface area contributed by atoms with Crippen LogP contribution in [0.2, 0.25) is 0 Å². The van der Waals surface area contributed by atoms with E-state index in [-0.39, 0.29) is 16.5 Å². The maximum absolute atomic E-state index is 13.8. The number of fused-ring (bicyclic) bond motifs is 1. The number of benzene rings is 2. The third kappa shape index (κ3) is 4.44. The molecule has 0 aliphatic carbocycles. The van der Waals surface area contributed by atoms with Gasteiger partial charge in [0.25, 0.3) is 5.91 Å². The minimum absolute atomic E-state index is 0.0287. The molecule has 0 radical (unpaired) electrons. The third-order valence-corrected chi connectivity index (χ3v) is 7.02. The predicted molar refractivity (Wildman–Crippen MR) is 136 cm³/mol. The number of ether oxygens (including phenoxy) is 2. The van der Waals surface area contributed by atoms with E-state index in [2.05, 4.69) is 11.9 Å². The van der Waals surface area contributed by atoms with E-state index < -0.39 is 29.3 Å². The summed E-state index contributed by atoms with van der Waals surface area (Å²) in [5.41, 5.74) is 0.806. The molecule has 1 aliphatic heterocycles. The molecule has 190 valence electrons. The normalized spacial score (nSPS) is 15.6. The minimum atomic E-state index is -1.05. The Balaban J connectivity index is 1.63. The summed E-state index contributed by atoms with van der Waals surface area (Å²) in [4.78, 5) is 32.5. The van der Waals surface area contributed by atoms with Crippen LogP contribution >= 0.6 is 11.3 Å². The first kappa shape index (κ1) is 24.5. The molecule has 2 aromatic carbocycles. The highest BCUT2D eigenvalue weighted by Crippen LogP contribution is 2.45. The molecule has 8 nitrogen and oxygen atoms in total. The molecule has 3 heterocycles. The third-order valence-electron chi connectivity index (χ3n) is 6.00. The fourth-order valence-electron chi connectivity index (χ4n) is 4.18. The molecule has 10 heteroatoms. The summed E-state index contributed by atoms with van der Waals surface area (Å²) in [6.45, 7) is 2.56. The Morgan fingerprint density at radius 2 is 2.05 bits per heavy atom. The molecule has 37 heavy (non-hydrogen) atoms. The first-order valence-corrected chi connectivity index (χ1v) is 12.5. The minimum Gasteiger partial charge on any atom is -0.503 e. The van der Waals surface area contributed by atoms with Gasteiger partial charge in [0.05, 0.1) is 41.8 Å². The number of nitrogens with zero attached hydrogens (tertiary/aromatic N) is 2. The number of furan rings is 1. The number of amides is 1. The van der Waals surface area contributed by atoms with Crippen LogP contribution in [0.3, 0.4) is 0 Å². The van der Waals surface area contributed by atoms with Crippen molar-refractivity contribution in [3.8, 4) is 11.5 Å². The molecule has 1 N–H and O–H groups in total. The van der Waals surface area contributed by atoms with Gasteiger partial charge in [-0.15, -0.1) is 0 Å². The lowest BCUT2D eigenvalue weighted by molar-refractivity contribution is -0.117.